The number of hydrogen-bond donors (Lipinski definition) is 1. The third-order valence-corrected chi connectivity index (χ3v) is 3.57. The van der Waals surface area contributed by atoms with Crippen molar-refractivity contribution in [1.29, 1.82) is 0 Å². The van der Waals surface area contributed by atoms with Crippen LogP contribution in [0.5, 0.6) is 0 Å². The minimum absolute atomic E-state index is 0.0709. The van der Waals surface area contributed by atoms with E-state index in [0.717, 1.165) is 12.8 Å². The molecule has 0 saturated carbocycles. The molecule has 100 valence electrons. The topological polar surface area (TPSA) is 49.8 Å². The van der Waals surface area contributed by atoms with E-state index < -0.39 is 5.60 Å². The third kappa shape index (κ3) is 3.87. The highest BCUT2D eigenvalue weighted by molar-refractivity contribution is 5.68. The largest absolute Gasteiger partial charge is 0.444 e. The second kappa shape index (κ2) is 4.84. The molecule has 4 heteroatoms. The highest BCUT2D eigenvalue weighted by atomic mass is 16.6. The number of carbonyl (C=O) groups excluding carboxylic acids is 1. The number of aliphatic hydroxyl groups is 1. The molecule has 1 rings (SSSR count). The number of piperidine rings is 1. The van der Waals surface area contributed by atoms with Crippen LogP contribution in [0.1, 0.15) is 47.5 Å². The van der Waals surface area contributed by atoms with Crippen molar-refractivity contribution in [3.05, 3.63) is 0 Å². The van der Waals surface area contributed by atoms with Crippen LogP contribution in [-0.2, 0) is 4.74 Å². The molecular weight excluding hydrogens is 218 g/mol. The summed E-state index contributed by atoms with van der Waals surface area (Å²) in [5.41, 5.74) is -0.513. The summed E-state index contributed by atoms with van der Waals surface area (Å²) >= 11 is 0. The van der Waals surface area contributed by atoms with Gasteiger partial charge in [0, 0.05) is 13.1 Å². The molecule has 0 aliphatic carbocycles. The highest BCUT2D eigenvalue weighted by Crippen LogP contribution is 2.34. The van der Waals surface area contributed by atoms with E-state index in [1.807, 2.05) is 27.7 Å². The first-order valence-corrected chi connectivity index (χ1v) is 6.30. The van der Waals surface area contributed by atoms with Crippen molar-refractivity contribution in [3.63, 3.8) is 0 Å². The van der Waals surface area contributed by atoms with Crippen LogP contribution in [0.2, 0.25) is 0 Å². The Kier molecular flexibility index (Phi) is 4.07. The number of rotatable bonds is 1. The van der Waals surface area contributed by atoms with Gasteiger partial charge in [-0.1, -0.05) is 6.92 Å². The lowest BCUT2D eigenvalue weighted by Crippen LogP contribution is -2.47. The zero-order valence-electron chi connectivity index (χ0n) is 11.6. The third-order valence-electron chi connectivity index (χ3n) is 3.57. The van der Waals surface area contributed by atoms with Gasteiger partial charge in [-0.2, -0.15) is 0 Å². The van der Waals surface area contributed by atoms with Crippen molar-refractivity contribution in [2.24, 2.45) is 5.41 Å². The van der Waals surface area contributed by atoms with Crippen LogP contribution in [-0.4, -0.2) is 40.9 Å². The molecule has 0 aromatic carbocycles. The van der Waals surface area contributed by atoms with E-state index in [1.54, 1.807) is 4.90 Å². The quantitative estimate of drug-likeness (QED) is 0.769. The number of ether oxygens (including phenoxy) is 1. The van der Waals surface area contributed by atoms with E-state index in [9.17, 15) is 9.90 Å². The summed E-state index contributed by atoms with van der Waals surface area (Å²) < 4.78 is 5.33. The normalized spacial score (nSPS) is 22.1. The first-order chi connectivity index (χ1) is 7.64. The number of likely N-dealkylation sites (tertiary alicyclic amines) is 1. The fourth-order valence-electron chi connectivity index (χ4n) is 1.94. The maximum Gasteiger partial charge on any atom is 0.410 e. The van der Waals surface area contributed by atoms with E-state index in [4.69, 9.17) is 4.74 Å². The standard InChI is InChI=1S/C13H25NO3/c1-10(15)13(5)6-8-14(9-7-13)11(16)17-12(2,3)4/h10,15H,6-9H2,1-5H3/t10-/m1/s1. The predicted octanol–water partition coefficient (Wildman–Crippen LogP) is 2.40. The molecule has 1 aliphatic rings. The second-order valence-corrected chi connectivity index (χ2v) is 6.30. The number of hydrogen-bond acceptors (Lipinski definition) is 3. The molecule has 1 heterocycles. The molecular formula is C13H25NO3. The fourth-order valence-corrected chi connectivity index (χ4v) is 1.94. The Balaban J connectivity index is 2.50. The van der Waals surface area contributed by atoms with E-state index in [-0.39, 0.29) is 17.6 Å². The van der Waals surface area contributed by atoms with Gasteiger partial charge in [-0.3, -0.25) is 0 Å². The van der Waals surface area contributed by atoms with Gasteiger partial charge in [-0.15, -0.1) is 0 Å². The molecule has 0 aromatic heterocycles. The van der Waals surface area contributed by atoms with Gasteiger partial charge in [0.25, 0.3) is 0 Å². The van der Waals surface area contributed by atoms with Crippen molar-refractivity contribution in [2.45, 2.75) is 59.2 Å². The lowest BCUT2D eigenvalue weighted by Gasteiger charge is -2.41. The van der Waals surface area contributed by atoms with Crippen LogP contribution in [0.4, 0.5) is 4.79 Å². The van der Waals surface area contributed by atoms with Gasteiger partial charge < -0.3 is 14.7 Å². The lowest BCUT2D eigenvalue weighted by molar-refractivity contribution is -0.0178. The molecule has 1 amide bonds. The van der Waals surface area contributed by atoms with Crippen molar-refractivity contribution >= 4 is 6.09 Å². The maximum absolute atomic E-state index is 11.8. The SMILES string of the molecule is C[C@@H](O)C1(C)CCN(C(=O)OC(C)(C)C)CC1. The van der Waals surface area contributed by atoms with E-state index in [2.05, 4.69) is 6.92 Å². The lowest BCUT2D eigenvalue weighted by atomic mass is 9.76. The van der Waals surface area contributed by atoms with Crippen molar-refractivity contribution in [3.8, 4) is 0 Å². The van der Waals surface area contributed by atoms with Gasteiger partial charge in [0.15, 0.2) is 0 Å². The first kappa shape index (κ1) is 14.3. The van der Waals surface area contributed by atoms with E-state index >= 15 is 0 Å². The maximum atomic E-state index is 11.8. The molecule has 0 bridgehead atoms. The predicted molar refractivity (Wildman–Crippen MR) is 66.8 cm³/mol. The minimum Gasteiger partial charge on any atom is -0.444 e. The monoisotopic (exact) mass is 243 g/mol. The van der Waals surface area contributed by atoms with Gasteiger partial charge in [-0.25, -0.2) is 4.79 Å². The molecule has 0 unspecified atom stereocenters. The zero-order valence-corrected chi connectivity index (χ0v) is 11.6. The summed E-state index contributed by atoms with van der Waals surface area (Å²) in [5, 5.41) is 9.71. The molecule has 0 radical (unpaired) electrons. The summed E-state index contributed by atoms with van der Waals surface area (Å²) in [7, 11) is 0. The van der Waals surface area contributed by atoms with Crippen LogP contribution < -0.4 is 0 Å². The smallest absolute Gasteiger partial charge is 0.410 e. The molecule has 1 atom stereocenters. The van der Waals surface area contributed by atoms with E-state index in [1.165, 1.54) is 0 Å². The van der Waals surface area contributed by atoms with Crippen molar-refractivity contribution in [1.82, 2.24) is 4.90 Å². The average molecular weight is 243 g/mol. The highest BCUT2D eigenvalue weighted by Gasteiger charge is 2.36. The Hall–Kier alpha value is -0.770. The Labute approximate surface area is 104 Å². The van der Waals surface area contributed by atoms with Crippen molar-refractivity contribution < 1.29 is 14.6 Å². The van der Waals surface area contributed by atoms with Crippen LogP contribution in [0.15, 0.2) is 0 Å². The fraction of sp³-hybridized carbons (Fsp3) is 0.923. The number of nitrogens with zero attached hydrogens (tertiary/aromatic N) is 1. The molecule has 0 aromatic rings. The Morgan fingerprint density at radius 1 is 1.35 bits per heavy atom. The zero-order chi connectivity index (χ0) is 13.3. The molecule has 4 nitrogen and oxygen atoms in total. The first-order valence-electron chi connectivity index (χ1n) is 6.30. The van der Waals surface area contributed by atoms with E-state index in [0.29, 0.717) is 13.1 Å². The van der Waals surface area contributed by atoms with Crippen molar-refractivity contribution in [2.75, 3.05) is 13.1 Å². The summed E-state index contributed by atoms with van der Waals surface area (Å²) in [5.74, 6) is 0. The van der Waals surface area contributed by atoms with Crippen LogP contribution >= 0.6 is 0 Å². The van der Waals surface area contributed by atoms with Crippen LogP contribution in [0.3, 0.4) is 0 Å². The number of carbonyl (C=O) groups is 1. The van der Waals surface area contributed by atoms with Gasteiger partial charge in [0.05, 0.1) is 6.10 Å². The van der Waals surface area contributed by atoms with Gasteiger partial charge in [0.2, 0.25) is 0 Å². The second-order valence-electron chi connectivity index (χ2n) is 6.30. The van der Waals surface area contributed by atoms with Crippen LogP contribution in [0, 0.1) is 5.41 Å². The van der Waals surface area contributed by atoms with Gasteiger partial charge in [0.1, 0.15) is 5.60 Å². The van der Waals surface area contributed by atoms with Gasteiger partial charge >= 0.3 is 6.09 Å². The Bertz CT molecular complexity index is 273. The van der Waals surface area contributed by atoms with Crippen LogP contribution in [0.25, 0.3) is 0 Å². The molecule has 1 saturated heterocycles. The molecule has 1 aliphatic heterocycles. The van der Waals surface area contributed by atoms with Gasteiger partial charge in [-0.05, 0) is 46.0 Å². The number of amides is 1. The minimum atomic E-state index is -0.442. The molecule has 1 fully saturated rings. The average Bonchev–Trinajstić information content (AvgIpc) is 2.15. The summed E-state index contributed by atoms with van der Waals surface area (Å²) in [6, 6.07) is 0. The Morgan fingerprint density at radius 3 is 2.18 bits per heavy atom. The molecule has 17 heavy (non-hydrogen) atoms. The summed E-state index contributed by atoms with van der Waals surface area (Å²) in [4.78, 5) is 13.6. The summed E-state index contributed by atoms with van der Waals surface area (Å²) in [6.45, 7) is 10.8. The summed E-state index contributed by atoms with van der Waals surface area (Å²) in [6.07, 6.45) is 1.07. The number of aliphatic hydroxyl groups excluding tert-OH is 1. The Morgan fingerprint density at radius 2 is 1.82 bits per heavy atom. The molecule has 1 N–H and O–H groups in total. The molecule has 0 spiro atoms.